The number of carbonyl (C=O) groups is 2. The smallest absolute Gasteiger partial charge is 0.409 e. The molecule has 154 valence electrons. The van der Waals surface area contributed by atoms with Crippen molar-refractivity contribution in [1.82, 2.24) is 10.6 Å². The van der Waals surface area contributed by atoms with Gasteiger partial charge in [-0.1, -0.05) is 37.1 Å². The molecule has 8 heteroatoms. The molecule has 0 bridgehead atoms. The summed E-state index contributed by atoms with van der Waals surface area (Å²) in [5.41, 5.74) is 2.85. The number of allylic oxidation sites excluding steroid dienone is 4. The van der Waals surface area contributed by atoms with E-state index in [0.29, 0.717) is 30.2 Å². The van der Waals surface area contributed by atoms with Gasteiger partial charge in [-0.05, 0) is 31.1 Å². The number of hydrogen-bond donors (Lipinski definition) is 2. The van der Waals surface area contributed by atoms with Crippen LogP contribution in [0.2, 0.25) is 5.02 Å². The molecule has 1 aromatic rings. The standard InChI is InChI=1S/C21H24ClN3O4/c1-3-4-11-29-21(27)25-19-20(26)23-17-10-9-15(28-2)12-16(17)18(24-19)13-5-7-14(22)8-6-13/h5-8,12,19H,3-4,9-11H2,1-2H3,(H,23,26)(H,25,27). The van der Waals surface area contributed by atoms with Crippen molar-refractivity contribution < 1.29 is 19.1 Å². The van der Waals surface area contributed by atoms with Gasteiger partial charge in [0.2, 0.25) is 6.17 Å². The maximum absolute atomic E-state index is 12.7. The molecule has 29 heavy (non-hydrogen) atoms. The van der Waals surface area contributed by atoms with E-state index in [1.165, 1.54) is 0 Å². The summed E-state index contributed by atoms with van der Waals surface area (Å²) in [5, 5.41) is 6.03. The fraction of sp³-hybridized carbons (Fsp3) is 0.381. The van der Waals surface area contributed by atoms with Crippen molar-refractivity contribution in [3.8, 4) is 0 Å². The van der Waals surface area contributed by atoms with Gasteiger partial charge in [0, 0.05) is 28.3 Å². The fourth-order valence-electron chi connectivity index (χ4n) is 3.08. The third-order valence-corrected chi connectivity index (χ3v) is 4.91. The molecule has 0 fully saturated rings. The summed E-state index contributed by atoms with van der Waals surface area (Å²) < 4.78 is 10.5. The van der Waals surface area contributed by atoms with E-state index in [4.69, 9.17) is 21.1 Å². The minimum absolute atomic E-state index is 0.291. The molecule has 1 unspecified atom stereocenters. The SMILES string of the molecule is CCCCOC(=O)NC1N=C(c2ccc(Cl)cc2)C2=C(CCC(OC)=C2)NC1=O. The second-order valence-corrected chi connectivity index (χ2v) is 7.15. The van der Waals surface area contributed by atoms with Crippen molar-refractivity contribution in [2.75, 3.05) is 13.7 Å². The van der Waals surface area contributed by atoms with Crippen LogP contribution < -0.4 is 10.6 Å². The van der Waals surface area contributed by atoms with Gasteiger partial charge in [0.25, 0.3) is 5.91 Å². The minimum atomic E-state index is -1.11. The van der Waals surface area contributed by atoms with Crippen molar-refractivity contribution in [3.63, 3.8) is 0 Å². The first-order valence-corrected chi connectivity index (χ1v) is 9.95. The van der Waals surface area contributed by atoms with Crippen molar-refractivity contribution in [3.05, 3.63) is 58.0 Å². The molecule has 0 saturated carbocycles. The number of nitrogens with one attached hydrogen (secondary N) is 2. The summed E-state index contributed by atoms with van der Waals surface area (Å²) >= 11 is 6.02. The number of unbranched alkanes of at least 4 members (excludes halogenated alkanes) is 1. The molecule has 0 spiro atoms. The number of ether oxygens (including phenoxy) is 2. The van der Waals surface area contributed by atoms with Crippen LogP contribution in [0, 0.1) is 0 Å². The summed E-state index contributed by atoms with van der Waals surface area (Å²) in [5.74, 6) is 0.383. The number of carbonyl (C=O) groups excluding carboxylic acids is 2. The van der Waals surface area contributed by atoms with Gasteiger partial charge in [0.05, 0.1) is 25.2 Å². The largest absolute Gasteiger partial charge is 0.501 e. The molecule has 1 aliphatic heterocycles. The van der Waals surface area contributed by atoms with Gasteiger partial charge in [-0.2, -0.15) is 0 Å². The molecule has 1 heterocycles. The third kappa shape index (κ3) is 5.17. The van der Waals surface area contributed by atoms with E-state index >= 15 is 0 Å². The Bertz CT molecular complexity index is 874. The topological polar surface area (TPSA) is 89.0 Å². The number of halogens is 1. The summed E-state index contributed by atoms with van der Waals surface area (Å²) in [6.07, 6.45) is 3.01. The molecule has 1 atom stereocenters. The summed E-state index contributed by atoms with van der Waals surface area (Å²) in [4.78, 5) is 29.4. The van der Waals surface area contributed by atoms with Gasteiger partial charge in [0.1, 0.15) is 0 Å². The van der Waals surface area contributed by atoms with E-state index in [1.54, 1.807) is 19.2 Å². The second-order valence-electron chi connectivity index (χ2n) is 6.72. The van der Waals surface area contributed by atoms with Gasteiger partial charge in [0.15, 0.2) is 0 Å². The molecular weight excluding hydrogens is 394 g/mol. The van der Waals surface area contributed by atoms with Crippen LogP contribution in [0.15, 0.2) is 52.4 Å². The minimum Gasteiger partial charge on any atom is -0.501 e. The predicted octanol–water partition coefficient (Wildman–Crippen LogP) is 3.69. The van der Waals surface area contributed by atoms with Crippen molar-refractivity contribution >= 4 is 29.3 Å². The number of hydrogen-bond acceptors (Lipinski definition) is 5. The molecular formula is C21H24ClN3O4. The Morgan fingerprint density at radius 1 is 1.31 bits per heavy atom. The van der Waals surface area contributed by atoms with E-state index in [0.717, 1.165) is 35.4 Å². The zero-order valence-corrected chi connectivity index (χ0v) is 17.2. The Labute approximate surface area is 174 Å². The zero-order chi connectivity index (χ0) is 20.8. The van der Waals surface area contributed by atoms with Gasteiger partial charge in [-0.25, -0.2) is 9.79 Å². The molecule has 3 rings (SSSR count). The predicted molar refractivity (Wildman–Crippen MR) is 111 cm³/mol. The lowest BCUT2D eigenvalue weighted by Crippen LogP contribution is -2.45. The first-order valence-electron chi connectivity index (χ1n) is 9.57. The van der Waals surface area contributed by atoms with Gasteiger partial charge in [-0.15, -0.1) is 0 Å². The number of rotatable bonds is 6. The number of amides is 2. The van der Waals surface area contributed by atoms with E-state index in [-0.39, 0.29) is 0 Å². The highest BCUT2D eigenvalue weighted by molar-refractivity contribution is 6.30. The van der Waals surface area contributed by atoms with Crippen LogP contribution in [0.25, 0.3) is 0 Å². The molecule has 1 aliphatic carbocycles. The molecule has 2 aliphatic rings. The highest BCUT2D eigenvalue weighted by Gasteiger charge is 2.30. The quantitative estimate of drug-likeness (QED) is 0.691. The van der Waals surface area contributed by atoms with Crippen LogP contribution in [-0.4, -0.2) is 37.6 Å². The van der Waals surface area contributed by atoms with Crippen LogP contribution in [0.1, 0.15) is 38.2 Å². The average Bonchev–Trinajstić information content (AvgIpc) is 2.85. The van der Waals surface area contributed by atoms with E-state index in [1.807, 2.05) is 25.1 Å². The average molecular weight is 418 g/mol. The molecule has 0 radical (unpaired) electrons. The Balaban J connectivity index is 1.95. The highest BCUT2D eigenvalue weighted by atomic mass is 35.5. The summed E-state index contributed by atoms with van der Waals surface area (Å²) in [6, 6.07) is 7.16. The Morgan fingerprint density at radius 3 is 2.76 bits per heavy atom. The van der Waals surface area contributed by atoms with Crippen LogP contribution in [0.4, 0.5) is 4.79 Å². The van der Waals surface area contributed by atoms with Crippen molar-refractivity contribution in [1.29, 1.82) is 0 Å². The number of nitrogens with zero attached hydrogens (tertiary/aromatic N) is 1. The maximum atomic E-state index is 12.7. The normalized spacial score (nSPS) is 18.7. The molecule has 0 aromatic heterocycles. The lowest BCUT2D eigenvalue weighted by atomic mass is 9.94. The van der Waals surface area contributed by atoms with Crippen LogP contribution in [0.3, 0.4) is 0 Å². The first kappa shape index (κ1) is 20.9. The molecule has 0 saturated heterocycles. The molecule has 1 aromatic carbocycles. The van der Waals surface area contributed by atoms with Crippen molar-refractivity contribution in [2.24, 2.45) is 4.99 Å². The second kappa shape index (κ2) is 9.60. The zero-order valence-electron chi connectivity index (χ0n) is 16.5. The summed E-state index contributed by atoms with van der Waals surface area (Å²) in [6.45, 7) is 2.29. The lowest BCUT2D eigenvalue weighted by molar-refractivity contribution is -0.122. The molecule has 7 nitrogen and oxygen atoms in total. The monoisotopic (exact) mass is 417 g/mol. The Morgan fingerprint density at radius 2 is 2.07 bits per heavy atom. The third-order valence-electron chi connectivity index (χ3n) is 4.65. The maximum Gasteiger partial charge on any atom is 0.409 e. The molecule has 2 N–H and O–H groups in total. The highest BCUT2D eigenvalue weighted by Crippen LogP contribution is 2.28. The number of alkyl carbamates (subject to hydrolysis) is 1. The van der Waals surface area contributed by atoms with E-state index in [9.17, 15) is 9.59 Å². The summed E-state index contributed by atoms with van der Waals surface area (Å²) in [7, 11) is 1.61. The van der Waals surface area contributed by atoms with Crippen LogP contribution >= 0.6 is 11.6 Å². The van der Waals surface area contributed by atoms with Crippen LogP contribution in [-0.2, 0) is 14.3 Å². The van der Waals surface area contributed by atoms with Gasteiger partial charge in [-0.3, -0.25) is 10.1 Å². The Kier molecular flexibility index (Phi) is 6.93. The van der Waals surface area contributed by atoms with E-state index < -0.39 is 18.2 Å². The molecule has 2 amide bonds. The Hall–Kier alpha value is -2.80. The van der Waals surface area contributed by atoms with Gasteiger partial charge >= 0.3 is 6.09 Å². The number of aliphatic imine (C=N–C) groups is 1. The first-order chi connectivity index (χ1) is 14.0. The lowest BCUT2D eigenvalue weighted by Gasteiger charge is -2.19. The van der Waals surface area contributed by atoms with Crippen LogP contribution in [0.5, 0.6) is 0 Å². The fourth-order valence-corrected chi connectivity index (χ4v) is 3.20. The van der Waals surface area contributed by atoms with E-state index in [2.05, 4.69) is 15.6 Å². The van der Waals surface area contributed by atoms with Gasteiger partial charge < -0.3 is 14.8 Å². The number of methoxy groups -OCH3 is 1. The van der Waals surface area contributed by atoms with Crippen molar-refractivity contribution in [2.45, 2.75) is 38.8 Å². The number of benzene rings is 1.